The molecule has 6 heteroatoms. The Labute approximate surface area is 181 Å². The third kappa shape index (κ3) is 4.69. The molecule has 0 saturated heterocycles. The molecule has 0 aromatic heterocycles. The van der Waals surface area contributed by atoms with Crippen molar-refractivity contribution in [2.24, 2.45) is 0 Å². The molecule has 1 aliphatic rings. The zero-order chi connectivity index (χ0) is 21.8. The SMILES string of the molecule is COc1cccc(NC(=O)NCc2ccc3c(c2)N(C(=O)c2ccc(C)cc2)CC3)c1. The average molecular weight is 415 g/mol. The van der Waals surface area contributed by atoms with Crippen LogP contribution in [-0.2, 0) is 13.0 Å². The smallest absolute Gasteiger partial charge is 0.319 e. The number of amides is 3. The van der Waals surface area contributed by atoms with Crippen LogP contribution in [0.4, 0.5) is 16.2 Å². The van der Waals surface area contributed by atoms with Gasteiger partial charge in [-0.25, -0.2) is 4.79 Å². The summed E-state index contributed by atoms with van der Waals surface area (Å²) in [6.07, 6.45) is 0.830. The highest BCUT2D eigenvalue weighted by molar-refractivity contribution is 6.07. The number of methoxy groups -OCH3 is 1. The summed E-state index contributed by atoms with van der Waals surface area (Å²) >= 11 is 0. The van der Waals surface area contributed by atoms with E-state index in [2.05, 4.69) is 10.6 Å². The fourth-order valence-electron chi connectivity index (χ4n) is 3.66. The normalized spacial score (nSPS) is 12.3. The van der Waals surface area contributed by atoms with E-state index in [-0.39, 0.29) is 11.9 Å². The van der Waals surface area contributed by atoms with Crippen LogP contribution < -0.4 is 20.3 Å². The van der Waals surface area contributed by atoms with Crippen LogP contribution in [0.3, 0.4) is 0 Å². The number of carbonyl (C=O) groups is 2. The van der Waals surface area contributed by atoms with E-state index < -0.39 is 0 Å². The number of hydrogen-bond donors (Lipinski definition) is 2. The number of benzene rings is 3. The van der Waals surface area contributed by atoms with Gasteiger partial charge in [0.1, 0.15) is 5.75 Å². The number of carbonyl (C=O) groups excluding carboxylic acids is 2. The van der Waals surface area contributed by atoms with Gasteiger partial charge in [0.05, 0.1) is 7.11 Å². The predicted molar refractivity (Wildman–Crippen MR) is 122 cm³/mol. The Bertz CT molecular complexity index is 1110. The Kier molecular flexibility index (Phi) is 5.89. The summed E-state index contributed by atoms with van der Waals surface area (Å²) in [5, 5.41) is 5.66. The molecule has 0 aliphatic carbocycles. The van der Waals surface area contributed by atoms with E-state index in [4.69, 9.17) is 4.74 Å². The molecule has 1 heterocycles. The molecule has 0 saturated carbocycles. The molecule has 3 aromatic carbocycles. The maximum atomic E-state index is 13.0. The predicted octanol–water partition coefficient (Wildman–Crippen LogP) is 4.53. The Hall–Kier alpha value is -3.80. The Morgan fingerprint density at radius 3 is 2.61 bits per heavy atom. The van der Waals surface area contributed by atoms with Crippen molar-refractivity contribution < 1.29 is 14.3 Å². The Morgan fingerprint density at radius 2 is 1.84 bits per heavy atom. The van der Waals surface area contributed by atoms with Gasteiger partial charge in [-0.2, -0.15) is 0 Å². The highest BCUT2D eigenvalue weighted by atomic mass is 16.5. The summed E-state index contributed by atoms with van der Waals surface area (Å²) in [6.45, 7) is 3.02. The van der Waals surface area contributed by atoms with Crippen LogP contribution >= 0.6 is 0 Å². The highest BCUT2D eigenvalue weighted by Crippen LogP contribution is 2.30. The molecule has 0 radical (unpaired) electrons. The van der Waals surface area contributed by atoms with Gasteiger partial charge in [-0.15, -0.1) is 0 Å². The van der Waals surface area contributed by atoms with Gasteiger partial charge in [0.15, 0.2) is 0 Å². The second-order valence-electron chi connectivity index (χ2n) is 7.58. The van der Waals surface area contributed by atoms with Gasteiger partial charge >= 0.3 is 6.03 Å². The van der Waals surface area contributed by atoms with Gasteiger partial charge < -0.3 is 20.3 Å². The van der Waals surface area contributed by atoms with Crippen LogP contribution in [0.2, 0.25) is 0 Å². The lowest BCUT2D eigenvalue weighted by atomic mass is 10.1. The standard InChI is InChI=1S/C25H25N3O3/c1-17-6-9-20(10-7-17)24(29)28-13-12-19-11-8-18(14-23(19)28)16-26-25(30)27-21-4-3-5-22(15-21)31-2/h3-11,14-15H,12-13,16H2,1-2H3,(H2,26,27,30). The van der Waals surface area contributed by atoms with Crippen molar-refractivity contribution in [3.63, 3.8) is 0 Å². The van der Waals surface area contributed by atoms with E-state index in [1.807, 2.05) is 66.4 Å². The first kappa shape index (κ1) is 20.5. The summed E-state index contributed by atoms with van der Waals surface area (Å²) in [5.41, 5.74) is 5.45. The lowest BCUT2D eigenvalue weighted by Gasteiger charge is -2.18. The molecule has 31 heavy (non-hydrogen) atoms. The van der Waals surface area contributed by atoms with Gasteiger partial charge in [-0.3, -0.25) is 4.79 Å². The number of anilines is 2. The largest absolute Gasteiger partial charge is 0.497 e. The number of nitrogens with zero attached hydrogens (tertiary/aromatic N) is 1. The minimum Gasteiger partial charge on any atom is -0.497 e. The van der Waals surface area contributed by atoms with Crippen LogP contribution in [0.1, 0.15) is 27.0 Å². The second kappa shape index (κ2) is 8.92. The summed E-state index contributed by atoms with van der Waals surface area (Å²) in [4.78, 5) is 27.1. The monoisotopic (exact) mass is 415 g/mol. The van der Waals surface area contributed by atoms with Crippen molar-refractivity contribution in [1.82, 2.24) is 5.32 Å². The van der Waals surface area contributed by atoms with Gasteiger partial charge in [-0.05, 0) is 54.8 Å². The van der Waals surface area contributed by atoms with E-state index in [0.717, 1.165) is 28.8 Å². The molecule has 1 aliphatic heterocycles. The number of nitrogens with one attached hydrogen (secondary N) is 2. The summed E-state index contributed by atoms with van der Waals surface area (Å²) < 4.78 is 5.17. The molecule has 158 valence electrons. The Balaban J connectivity index is 1.42. The first-order chi connectivity index (χ1) is 15.0. The number of urea groups is 1. The molecule has 4 rings (SSSR count). The molecule has 6 nitrogen and oxygen atoms in total. The number of ether oxygens (including phenoxy) is 1. The molecule has 0 unspecified atom stereocenters. The fourth-order valence-corrected chi connectivity index (χ4v) is 3.66. The first-order valence-corrected chi connectivity index (χ1v) is 10.2. The third-order valence-electron chi connectivity index (χ3n) is 5.37. The number of rotatable bonds is 5. The van der Waals surface area contributed by atoms with Crippen molar-refractivity contribution in [3.8, 4) is 5.75 Å². The Morgan fingerprint density at radius 1 is 1.03 bits per heavy atom. The van der Waals surface area contributed by atoms with E-state index >= 15 is 0 Å². The van der Waals surface area contributed by atoms with E-state index in [1.165, 1.54) is 0 Å². The lowest BCUT2D eigenvalue weighted by Crippen LogP contribution is -2.29. The molecule has 0 fully saturated rings. The summed E-state index contributed by atoms with van der Waals surface area (Å²) in [5.74, 6) is 0.675. The molecule has 3 amide bonds. The van der Waals surface area contributed by atoms with Crippen LogP contribution in [0, 0.1) is 6.92 Å². The van der Waals surface area contributed by atoms with Crippen LogP contribution in [0.15, 0.2) is 66.7 Å². The molecule has 2 N–H and O–H groups in total. The van der Waals surface area contributed by atoms with Crippen LogP contribution in [-0.4, -0.2) is 25.6 Å². The quantitative estimate of drug-likeness (QED) is 0.643. The molecular weight excluding hydrogens is 390 g/mol. The topological polar surface area (TPSA) is 70.7 Å². The fraction of sp³-hybridized carbons (Fsp3) is 0.200. The van der Waals surface area contributed by atoms with E-state index in [9.17, 15) is 9.59 Å². The van der Waals surface area contributed by atoms with Gasteiger partial charge in [0, 0.05) is 36.1 Å². The van der Waals surface area contributed by atoms with Gasteiger partial charge in [0.2, 0.25) is 0 Å². The summed E-state index contributed by atoms with van der Waals surface area (Å²) in [7, 11) is 1.58. The van der Waals surface area contributed by atoms with Crippen molar-refractivity contribution in [2.75, 3.05) is 23.9 Å². The molecule has 3 aromatic rings. The summed E-state index contributed by atoms with van der Waals surface area (Å²) in [6, 6.07) is 20.5. The van der Waals surface area contributed by atoms with Gasteiger partial charge in [0.25, 0.3) is 5.91 Å². The highest BCUT2D eigenvalue weighted by Gasteiger charge is 2.25. The zero-order valence-electron chi connectivity index (χ0n) is 17.6. The second-order valence-corrected chi connectivity index (χ2v) is 7.58. The van der Waals surface area contributed by atoms with Crippen molar-refractivity contribution in [2.45, 2.75) is 19.9 Å². The van der Waals surface area contributed by atoms with Crippen molar-refractivity contribution in [3.05, 3.63) is 89.0 Å². The average Bonchev–Trinajstić information content (AvgIpc) is 3.21. The third-order valence-corrected chi connectivity index (χ3v) is 5.37. The van der Waals surface area contributed by atoms with E-state index in [1.54, 1.807) is 19.2 Å². The molecule has 0 spiro atoms. The number of hydrogen-bond acceptors (Lipinski definition) is 3. The lowest BCUT2D eigenvalue weighted by molar-refractivity contribution is 0.0989. The maximum Gasteiger partial charge on any atom is 0.319 e. The van der Waals surface area contributed by atoms with Crippen LogP contribution in [0.5, 0.6) is 5.75 Å². The van der Waals surface area contributed by atoms with Gasteiger partial charge in [-0.1, -0.05) is 35.9 Å². The molecule has 0 bridgehead atoms. The molecular formula is C25H25N3O3. The van der Waals surface area contributed by atoms with Crippen LogP contribution in [0.25, 0.3) is 0 Å². The van der Waals surface area contributed by atoms with E-state index in [0.29, 0.717) is 30.1 Å². The first-order valence-electron chi connectivity index (χ1n) is 10.2. The minimum absolute atomic E-state index is 0.000345. The van der Waals surface area contributed by atoms with Crippen molar-refractivity contribution in [1.29, 1.82) is 0 Å². The zero-order valence-corrected chi connectivity index (χ0v) is 17.6. The maximum absolute atomic E-state index is 13.0. The molecule has 0 atom stereocenters. The number of fused-ring (bicyclic) bond motifs is 1. The van der Waals surface area contributed by atoms with Crippen molar-refractivity contribution >= 4 is 23.3 Å². The minimum atomic E-state index is -0.304. The number of aryl methyl sites for hydroxylation is 1.